The zero-order valence-electron chi connectivity index (χ0n) is 12.0. The number of aromatic nitrogens is 1. The second-order valence-electron chi connectivity index (χ2n) is 5.49. The average molecular weight is 268 g/mol. The molecule has 3 nitrogen and oxygen atoms in total. The highest BCUT2D eigenvalue weighted by Crippen LogP contribution is 2.28. The molecule has 1 unspecified atom stereocenters. The molecule has 2 aromatic rings. The van der Waals surface area contributed by atoms with Crippen molar-refractivity contribution in [3.05, 3.63) is 58.9 Å². The summed E-state index contributed by atoms with van der Waals surface area (Å²) in [5.74, 6) is 0.933. The summed E-state index contributed by atoms with van der Waals surface area (Å²) in [7, 11) is 0. The number of nitrogens with two attached hydrogens (primary N) is 1. The highest BCUT2D eigenvalue weighted by Gasteiger charge is 2.23. The van der Waals surface area contributed by atoms with Gasteiger partial charge in [-0.25, -0.2) is 0 Å². The molecular weight excluding hydrogens is 248 g/mol. The zero-order valence-corrected chi connectivity index (χ0v) is 12.0. The summed E-state index contributed by atoms with van der Waals surface area (Å²) in [6.07, 6.45) is 2.78. The molecular formula is C17H20N2O. The van der Waals surface area contributed by atoms with E-state index in [4.69, 9.17) is 10.5 Å². The number of aryl methyl sites for hydroxylation is 2. The van der Waals surface area contributed by atoms with E-state index >= 15 is 0 Å². The van der Waals surface area contributed by atoms with Gasteiger partial charge in [0.25, 0.3) is 0 Å². The van der Waals surface area contributed by atoms with Crippen LogP contribution in [0.15, 0.2) is 36.4 Å². The van der Waals surface area contributed by atoms with Crippen molar-refractivity contribution in [1.82, 2.24) is 4.98 Å². The first-order valence-corrected chi connectivity index (χ1v) is 7.10. The van der Waals surface area contributed by atoms with Crippen LogP contribution in [0.5, 0.6) is 5.75 Å². The van der Waals surface area contributed by atoms with Gasteiger partial charge < -0.3 is 10.5 Å². The molecule has 1 aliphatic carbocycles. The molecule has 3 heteroatoms. The molecule has 1 atom stereocenters. The molecule has 0 bridgehead atoms. The second kappa shape index (κ2) is 5.25. The van der Waals surface area contributed by atoms with Gasteiger partial charge in [-0.15, -0.1) is 0 Å². The highest BCUT2D eigenvalue weighted by atomic mass is 16.5. The van der Waals surface area contributed by atoms with Crippen molar-refractivity contribution >= 4 is 0 Å². The predicted molar refractivity (Wildman–Crippen MR) is 79.8 cm³/mol. The van der Waals surface area contributed by atoms with Crippen LogP contribution in [0.3, 0.4) is 0 Å². The molecule has 2 N–H and O–H groups in total. The van der Waals surface area contributed by atoms with Crippen molar-refractivity contribution in [2.24, 2.45) is 5.73 Å². The van der Waals surface area contributed by atoms with Crippen LogP contribution in [-0.4, -0.2) is 11.1 Å². The Balaban J connectivity index is 1.80. The van der Waals surface area contributed by atoms with E-state index in [0.717, 1.165) is 28.3 Å². The minimum atomic E-state index is -0.141. The smallest absolute Gasteiger partial charge is 0.119 e. The van der Waals surface area contributed by atoms with E-state index in [-0.39, 0.29) is 6.04 Å². The summed E-state index contributed by atoms with van der Waals surface area (Å²) in [5, 5.41) is 0. The molecule has 1 aromatic heterocycles. The number of ether oxygens (including phenoxy) is 1. The molecule has 0 aliphatic heterocycles. The Hall–Kier alpha value is -1.87. The minimum Gasteiger partial charge on any atom is -0.490 e. The Morgan fingerprint density at radius 3 is 2.40 bits per heavy atom. The molecule has 1 heterocycles. The maximum absolute atomic E-state index is 6.35. The van der Waals surface area contributed by atoms with E-state index in [2.05, 4.69) is 11.1 Å². The van der Waals surface area contributed by atoms with E-state index in [1.165, 1.54) is 12.8 Å². The van der Waals surface area contributed by atoms with Gasteiger partial charge in [-0.3, -0.25) is 4.98 Å². The van der Waals surface area contributed by atoms with E-state index in [1.807, 2.05) is 44.2 Å². The molecule has 1 aliphatic rings. The fourth-order valence-corrected chi connectivity index (χ4v) is 2.34. The van der Waals surface area contributed by atoms with Gasteiger partial charge in [-0.2, -0.15) is 0 Å². The van der Waals surface area contributed by atoms with E-state index in [1.54, 1.807) is 0 Å². The van der Waals surface area contributed by atoms with Crippen molar-refractivity contribution < 1.29 is 4.74 Å². The Bertz CT molecular complexity index is 603. The van der Waals surface area contributed by atoms with Crippen LogP contribution in [-0.2, 0) is 0 Å². The summed E-state index contributed by atoms with van der Waals surface area (Å²) in [6.45, 7) is 4.00. The van der Waals surface area contributed by atoms with Crippen molar-refractivity contribution in [3.63, 3.8) is 0 Å². The molecule has 0 saturated heterocycles. The molecule has 0 spiro atoms. The molecule has 1 saturated carbocycles. The molecule has 104 valence electrons. The topological polar surface area (TPSA) is 48.1 Å². The third kappa shape index (κ3) is 2.83. The van der Waals surface area contributed by atoms with Gasteiger partial charge in [-0.05, 0) is 56.0 Å². The van der Waals surface area contributed by atoms with Gasteiger partial charge >= 0.3 is 0 Å². The fourth-order valence-electron chi connectivity index (χ4n) is 2.34. The third-order valence-corrected chi connectivity index (χ3v) is 3.67. The fraction of sp³-hybridized carbons (Fsp3) is 0.353. The van der Waals surface area contributed by atoms with Crippen molar-refractivity contribution in [2.45, 2.75) is 38.8 Å². The monoisotopic (exact) mass is 268 g/mol. The Morgan fingerprint density at radius 2 is 1.80 bits per heavy atom. The molecule has 3 rings (SSSR count). The first kappa shape index (κ1) is 13.1. The van der Waals surface area contributed by atoms with Crippen LogP contribution in [0.4, 0.5) is 0 Å². The largest absolute Gasteiger partial charge is 0.490 e. The number of rotatable bonds is 4. The van der Waals surface area contributed by atoms with Crippen molar-refractivity contribution in [1.29, 1.82) is 0 Å². The summed E-state index contributed by atoms with van der Waals surface area (Å²) in [4.78, 5) is 4.48. The van der Waals surface area contributed by atoms with Gasteiger partial charge in [0.2, 0.25) is 0 Å². The zero-order chi connectivity index (χ0) is 14.1. The summed E-state index contributed by atoms with van der Waals surface area (Å²) in [5.41, 5.74) is 10.5. The minimum absolute atomic E-state index is 0.141. The van der Waals surface area contributed by atoms with Crippen LogP contribution >= 0.6 is 0 Å². The second-order valence-corrected chi connectivity index (χ2v) is 5.49. The van der Waals surface area contributed by atoms with Crippen LogP contribution in [0, 0.1) is 13.8 Å². The van der Waals surface area contributed by atoms with E-state index < -0.39 is 0 Å². The molecule has 0 amide bonds. The van der Waals surface area contributed by atoms with Crippen LogP contribution in [0.25, 0.3) is 0 Å². The molecule has 1 aromatic carbocycles. The first-order valence-electron chi connectivity index (χ1n) is 7.10. The summed E-state index contributed by atoms with van der Waals surface area (Å²) >= 11 is 0. The lowest BCUT2D eigenvalue weighted by Gasteiger charge is -2.15. The number of hydrogen-bond donors (Lipinski definition) is 1. The Morgan fingerprint density at radius 1 is 1.10 bits per heavy atom. The van der Waals surface area contributed by atoms with Crippen LogP contribution in [0.1, 0.15) is 41.4 Å². The SMILES string of the molecule is Cc1ccc(C(N)c2ccc(OC3CC3)cc2)c(C)n1. The van der Waals surface area contributed by atoms with Crippen molar-refractivity contribution in [3.8, 4) is 5.75 Å². The van der Waals surface area contributed by atoms with E-state index in [9.17, 15) is 0 Å². The normalized spacial score (nSPS) is 15.9. The standard InChI is InChI=1S/C17H20N2O/c1-11-3-10-16(12(2)19-11)17(18)13-4-6-14(7-5-13)20-15-8-9-15/h3-7,10,15,17H,8-9,18H2,1-2H3. The Kier molecular flexibility index (Phi) is 3.45. The van der Waals surface area contributed by atoms with Gasteiger partial charge in [0.05, 0.1) is 12.1 Å². The highest BCUT2D eigenvalue weighted by molar-refractivity contribution is 5.37. The maximum Gasteiger partial charge on any atom is 0.119 e. The van der Waals surface area contributed by atoms with Crippen LogP contribution in [0.2, 0.25) is 0 Å². The van der Waals surface area contributed by atoms with E-state index in [0.29, 0.717) is 6.10 Å². The van der Waals surface area contributed by atoms with Gasteiger partial charge in [0.1, 0.15) is 5.75 Å². The lowest BCUT2D eigenvalue weighted by molar-refractivity contribution is 0.303. The summed E-state index contributed by atoms with van der Waals surface area (Å²) in [6, 6.07) is 12.0. The average Bonchev–Trinajstić information content (AvgIpc) is 3.23. The summed E-state index contributed by atoms with van der Waals surface area (Å²) < 4.78 is 5.75. The van der Waals surface area contributed by atoms with Gasteiger partial charge in [-0.1, -0.05) is 18.2 Å². The number of nitrogens with zero attached hydrogens (tertiary/aromatic N) is 1. The van der Waals surface area contributed by atoms with Gasteiger partial charge in [0, 0.05) is 11.4 Å². The van der Waals surface area contributed by atoms with Gasteiger partial charge in [0.15, 0.2) is 0 Å². The van der Waals surface area contributed by atoms with Crippen molar-refractivity contribution in [2.75, 3.05) is 0 Å². The van der Waals surface area contributed by atoms with Crippen LogP contribution < -0.4 is 10.5 Å². The Labute approximate surface area is 119 Å². The molecule has 20 heavy (non-hydrogen) atoms. The number of benzene rings is 1. The lowest BCUT2D eigenvalue weighted by atomic mass is 9.98. The predicted octanol–water partition coefficient (Wildman–Crippen LogP) is 3.29. The maximum atomic E-state index is 6.35. The molecule has 0 radical (unpaired) electrons. The lowest BCUT2D eigenvalue weighted by Crippen LogP contribution is -2.14. The third-order valence-electron chi connectivity index (χ3n) is 3.67. The number of hydrogen-bond acceptors (Lipinski definition) is 3. The number of pyridine rings is 1. The molecule has 1 fully saturated rings. The quantitative estimate of drug-likeness (QED) is 0.925. The first-order chi connectivity index (χ1) is 9.63.